The Bertz CT molecular complexity index is 354. The number of aryl methyl sites for hydroxylation is 1. The van der Waals surface area contributed by atoms with Crippen molar-refractivity contribution in [2.45, 2.75) is 39.0 Å². The zero-order valence-corrected chi connectivity index (χ0v) is 11.4. The van der Waals surface area contributed by atoms with E-state index in [1.165, 1.54) is 56.3 Å². The summed E-state index contributed by atoms with van der Waals surface area (Å²) in [5.41, 5.74) is 2.81. The smallest absolute Gasteiger partial charge is 0.0408 e. The molecule has 1 unspecified atom stereocenters. The van der Waals surface area contributed by atoms with E-state index in [-0.39, 0.29) is 0 Å². The fourth-order valence-electron chi connectivity index (χ4n) is 2.63. The average Bonchev–Trinajstić information content (AvgIpc) is 2.27. The Morgan fingerprint density at radius 3 is 3.00 bits per heavy atom. The Hall–Kier alpha value is -0.530. The Morgan fingerprint density at radius 2 is 2.12 bits per heavy atom. The molecule has 2 heteroatoms. The molecule has 0 saturated carbocycles. The molecule has 0 aromatic heterocycles. The monoisotopic (exact) mass is 251 g/mol. The van der Waals surface area contributed by atoms with Gasteiger partial charge in [-0.3, -0.25) is 0 Å². The summed E-state index contributed by atoms with van der Waals surface area (Å²) in [6.07, 6.45) is 6.54. The zero-order valence-electron chi connectivity index (χ0n) is 10.6. The van der Waals surface area contributed by atoms with Crippen molar-refractivity contribution in [2.24, 2.45) is 5.92 Å². The quantitative estimate of drug-likeness (QED) is 0.839. The molecule has 0 spiro atoms. The highest BCUT2D eigenvalue weighted by Crippen LogP contribution is 2.23. The predicted octanol–water partition coefficient (Wildman–Crippen LogP) is 3.97. The summed E-state index contributed by atoms with van der Waals surface area (Å²) in [5, 5.41) is 4.37. The van der Waals surface area contributed by atoms with E-state index in [9.17, 15) is 0 Å². The van der Waals surface area contributed by atoms with E-state index in [1.807, 2.05) is 6.07 Å². The first-order valence-electron chi connectivity index (χ1n) is 6.71. The summed E-state index contributed by atoms with van der Waals surface area (Å²) >= 11 is 6.08. The zero-order chi connectivity index (χ0) is 12.1. The summed E-state index contributed by atoms with van der Waals surface area (Å²) < 4.78 is 0. The van der Waals surface area contributed by atoms with Crippen LogP contribution >= 0.6 is 11.6 Å². The van der Waals surface area contributed by atoms with Crippen molar-refractivity contribution in [1.29, 1.82) is 0 Å². The molecule has 0 amide bonds. The number of benzene rings is 1. The van der Waals surface area contributed by atoms with E-state index in [2.05, 4.69) is 24.4 Å². The molecule has 1 atom stereocenters. The van der Waals surface area contributed by atoms with Gasteiger partial charge in [0.2, 0.25) is 0 Å². The lowest BCUT2D eigenvalue weighted by atomic mass is 9.89. The molecular formula is C15H22ClN. The molecule has 2 rings (SSSR count). The minimum Gasteiger partial charge on any atom is -0.317 e. The molecule has 1 saturated heterocycles. The third-order valence-electron chi connectivity index (χ3n) is 3.77. The third-order valence-corrected chi connectivity index (χ3v) is 4.00. The van der Waals surface area contributed by atoms with Crippen LogP contribution in [0, 0.1) is 12.8 Å². The van der Waals surface area contributed by atoms with Crippen molar-refractivity contribution in [1.82, 2.24) is 5.32 Å². The van der Waals surface area contributed by atoms with E-state index in [0.717, 1.165) is 10.9 Å². The van der Waals surface area contributed by atoms with Crippen LogP contribution in [-0.4, -0.2) is 13.1 Å². The molecular weight excluding hydrogens is 230 g/mol. The molecule has 0 aliphatic carbocycles. The number of rotatable bonds is 2. The van der Waals surface area contributed by atoms with Crippen molar-refractivity contribution in [3.8, 4) is 0 Å². The second kappa shape index (κ2) is 6.42. The summed E-state index contributed by atoms with van der Waals surface area (Å²) in [6.45, 7) is 4.56. The first-order valence-corrected chi connectivity index (χ1v) is 7.09. The van der Waals surface area contributed by atoms with Crippen LogP contribution in [0.5, 0.6) is 0 Å². The van der Waals surface area contributed by atoms with Crippen molar-refractivity contribution >= 4 is 11.6 Å². The van der Waals surface area contributed by atoms with Gasteiger partial charge in [-0.25, -0.2) is 0 Å². The summed E-state index contributed by atoms with van der Waals surface area (Å²) in [4.78, 5) is 0. The molecule has 1 nitrogen and oxygen atoms in total. The van der Waals surface area contributed by atoms with E-state index < -0.39 is 0 Å². The maximum absolute atomic E-state index is 6.08. The minimum absolute atomic E-state index is 0.819. The second-order valence-electron chi connectivity index (χ2n) is 5.18. The largest absolute Gasteiger partial charge is 0.317 e. The number of hydrogen-bond acceptors (Lipinski definition) is 1. The molecule has 1 aliphatic heterocycles. The van der Waals surface area contributed by atoms with Gasteiger partial charge in [0.1, 0.15) is 0 Å². The van der Waals surface area contributed by atoms with Crippen LogP contribution in [0.2, 0.25) is 5.02 Å². The minimum atomic E-state index is 0.819. The molecule has 1 aliphatic rings. The number of hydrogen-bond donors (Lipinski definition) is 1. The van der Waals surface area contributed by atoms with Gasteiger partial charge in [-0.05, 0) is 68.5 Å². The van der Waals surface area contributed by atoms with Gasteiger partial charge in [-0.1, -0.05) is 30.5 Å². The van der Waals surface area contributed by atoms with Crippen LogP contribution in [0.3, 0.4) is 0 Å². The maximum Gasteiger partial charge on any atom is 0.0408 e. The number of nitrogens with one attached hydrogen (secondary N) is 1. The van der Waals surface area contributed by atoms with Gasteiger partial charge < -0.3 is 5.32 Å². The van der Waals surface area contributed by atoms with Crippen LogP contribution < -0.4 is 5.32 Å². The molecule has 17 heavy (non-hydrogen) atoms. The van der Waals surface area contributed by atoms with Gasteiger partial charge in [0.25, 0.3) is 0 Å². The van der Waals surface area contributed by atoms with Gasteiger partial charge >= 0.3 is 0 Å². The molecule has 1 N–H and O–H groups in total. The van der Waals surface area contributed by atoms with Crippen LogP contribution in [0.1, 0.15) is 36.8 Å². The Morgan fingerprint density at radius 1 is 1.24 bits per heavy atom. The lowest BCUT2D eigenvalue weighted by Crippen LogP contribution is -2.23. The lowest BCUT2D eigenvalue weighted by Gasteiger charge is -2.21. The van der Waals surface area contributed by atoms with Gasteiger partial charge in [0.05, 0.1) is 0 Å². The molecule has 0 radical (unpaired) electrons. The fraction of sp³-hybridized carbons (Fsp3) is 0.600. The molecule has 1 fully saturated rings. The predicted molar refractivity (Wildman–Crippen MR) is 74.7 cm³/mol. The Kier molecular flexibility index (Phi) is 4.87. The third kappa shape index (κ3) is 4.01. The first kappa shape index (κ1) is 12.9. The van der Waals surface area contributed by atoms with Gasteiger partial charge in [-0.15, -0.1) is 0 Å². The Labute approximate surface area is 110 Å². The standard InChI is InChI=1S/C15H22ClN/c1-12-5-6-15(16)11-14(12)10-13-4-2-3-8-17-9-7-13/h5-6,11,13,17H,2-4,7-10H2,1H3. The SMILES string of the molecule is Cc1ccc(Cl)cc1CC1CCCCNCC1. The van der Waals surface area contributed by atoms with Crippen LogP contribution in [0.25, 0.3) is 0 Å². The highest BCUT2D eigenvalue weighted by molar-refractivity contribution is 6.30. The lowest BCUT2D eigenvalue weighted by molar-refractivity contribution is 0.386. The normalized spacial score (nSPS) is 21.9. The van der Waals surface area contributed by atoms with E-state index in [4.69, 9.17) is 11.6 Å². The summed E-state index contributed by atoms with van der Waals surface area (Å²) in [5.74, 6) is 0.819. The molecule has 1 aromatic carbocycles. The maximum atomic E-state index is 6.08. The van der Waals surface area contributed by atoms with E-state index in [0.29, 0.717) is 0 Å². The summed E-state index contributed by atoms with van der Waals surface area (Å²) in [7, 11) is 0. The molecule has 94 valence electrons. The van der Waals surface area contributed by atoms with E-state index >= 15 is 0 Å². The van der Waals surface area contributed by atoms with Crippen molar-refractivity contribution < 1.29 is 0 Å². The highest BCUT2D eigenvalue weighted by Gasteiger charge is 2.13. The molecule has 0 bridgehead atoms. The first-order chi connectivity index (χ1) is 8.25. The summed E-state index contributed by atoms with van der Waals surface area (Å²) in [6, 6.07) is 6.27. The van der Waals surface area contributed by atoms with Crippen LogP contribution in [0.4, 0.5) is 0 Å². The van der Waals surface area contributed by atoms with Gasteiger partial charge in [-0.2, -0.15) is 0 Å². The number of halogens is 1. The average molecular weight is 252 g/mol. The van der Waals surface area contributed by atoms with Crippen molar-refractivity contribution in [3.63, 3.8) is 0 Å². The molecule has 1 heterocycles. The Balaban J connectivity index is 2.00. The topological polar surface area (TPSA) is 12.0 Å². The van der Waals surface area contributed by atoms with Crippen LogP contribution in [0.15, 0.2) is 18.2 Å². The van der Waals surface area contributed by atoms with Gasteiger partial charge in [0, 0.05) is 5.02 Å². The molecule has 1 aromatic rings. The fourth-order valence-corrected chi connectivity index (χ4v) is 2.83. The van der Waals surface area contributed by atoms with E-state index in [1.54, 1.807) is 0 Å². The van der Waals surface area contributed by atoms with Crippen molar-refractivity contribution in [3.05, 3.63) is 34.3 Å². The van der Waals surface area contributed by atoms with Gasteiger partial charge in [0.15, 0.2) is 0 Å². The second-order valence-corrected chi connectivity index (χ2v) is 5.61. The van der Waals surface area contributed by atoms with Crippen molar-refractivity contribution in [2.75, 3.05) is 13.1 Å². The van der Waals surface area contributed by atoms with Crippen LogP contribution in [-0.2, 0) is 6.42 Å². The highest BCUT2D eigenvalue weighted by atomic mass is 35.5.